The van der Waals surface area contributed by atoms with Crippen LogP contribution in [0.15, 0.2) is 35.5 Å². The van der Waals surface area contributed by atoms with Gasteiger partial charge in [0.25, 0.3) is 5.91 Å². The molecule has 2 fully saturated rings. The molecule has 32 heavy (non-hydrogen) atoms. The van der Waals surface area contributed by atoms with Gasteiger partial charge in [0, 0.05) is 49.0 Å². The lowest BCUT2D eigenvalue weighted by molar-refractivity contribution is 0.0858. The molecule has 0 bridgehead atoms. The molecule has 0 unspecified atom stereocenters. The normalized spacial score (nSPS) is 18.8. The lowest BCUT2D eigenvalue weighted by atomic mass is 9.92. The van der Waals surface area contributed by atoms with E-state index in [9.17, 15) is 4.79 Å². The topological polar surface area (TPSA) is 67.4 Å². The maximum atomic E-state index is 12.4. The average molecular weight is 455 g/mol. The van der Waals surface area contributed by atoms with Crippen LogP contribution in [0.3, 0.4) is 0 Å². The van der Waals surface area contributed by atoms with Crippen LogP contribution in [0.4, 0.5) is 5.82 Å². The van der Waals surface area contributed by atoms with E-state index in [1.54, 1.807) is 11.8 Å². The van der Waals surface area contributed by atoms with E-state index in [0.29, 0.717) is 12.1 Å². The van der Waals surface area contributed by atoms with Gasteiger partial charge in [0.15, 0.2) is 5.16 Å². The standard InChI is InChI=1S/C25H34N4O2S/c1-25(2,3)21-15-22(29-12-4-5-13-29)28-24(27-21)32-17-18-8-10-19(11-9-18)23(30)26-16-20-7-6-14-31-20/h8-11,15,20H,4-7,12-14,16-17H2,1-3H3,(H,26,30)/t20-/m0/s1. The lowest BCUT2D eigenvalue weighted by Crippen LogP contribution is -2.31. The fourth-order valence-corrected chi connectivity index (χ4v) is 4.79. The zero-order valence-electron chi connectivity index (χ0n) is 19.4. The van der Waals surface area contributed by atoms with Gasteiger partial charge in [-0.1, -0.05) is 44.7 Å². The third-order valence-electron chi connectivity index (χ3n) is 5.99. The number of amides is 1. The van der Waals surface area contributed by atoms with Gasteiger partial charge in [-0.3, -0.25) is 4.79 Å². The molecule has 1 aromatic heterocycles. The predicted octanol–water partition coefficient (Wildman–Crippen LogP) is 4.58. The van der Waals surface area contributed by atoms with Crippen molar-refractivity contribution >= 4 is 23.5 Å². The molecule has 0 radical (unpaired) electrons. The Morgan fingerprint density at radius 2 is 1.91 bits per heavy atom. The Morgan fingerprint density at radius 1 is 1.16 bits per heavy atom. The van der Waals surface area contributed by atoms with Crippen molar-refractivity contribution in [3.05, 3.63) is 47.2 Å². The SMILES string of the molecule is CC(C)(C)c1cc(N2CCCC2)nc(SCc2ccc(C(=O)NC[C@@H]3CCCO3)cc2)n1. The minimum Gasteiger partial charge on any atom is -0.376 e. The Balaban J connectivity index is 1.38. The summed E-state index contributed by atoms with van der Waals surface area (Å²) in [5.74, 6) is 1.77. The van der Waals surface area contributed by atoms with Gasteiger partial charge in [0.1, 0.15) is 5.82 Å². The molecule has 2 aromatic rings. The molecule has 172 valence electrons. The second kappa shape index (κ2) is 10.2. The first-order valence-corrected chi connectivity index (χ1v) is 12.6. The molecule has 2 saturated heterocycles. The van der Waals surface area contributed by atoms with Crippen molar-refractivity contribution < 1.29 is 9.53 Å². The number of hydrogen-bond acceptors (Lipinski definition) is 6. The van der Waals surface area contributed by atoms with E-state index in [4.69, 9.17) is 14.7 Å². The molecule has 0 saturated carbocycles. The molecule has 4 rings (SSSR count). The Labute approximate surface area is 195 Å². The summed E-state index contributed by atoms with van der Waals surface area (Å²) in [7, 11) is 0. The van der Waals surface area contributed by atoms with Crippen molar-refractivity contribution in [2.75, 3.05) is 31.1 Å². The summed E-state index contributed by atoms with van der Waals surface area (Å²) in [6, 6.07) is 9.97. The second-order valence-corrected chi connectivity index (χ2v) is 10.6. The van der Waals surface area contributed by atoms with Crippen LogP contribution in [0.25, 0.3) is 0 Å². The van der Waals surface area contributed by atoms with Crippen LogP contribution < -0.4 is 10.2 Å². The molecule has 0 spiro atoms. The molecule has 2 aliphatic heterocycles. The van der Waals surface area contributed by atoms with Crippen LogP contribution in [0.1, 0.15) is 68.1 Å². The fourth-order valence-electron chi connectivity index (χ4n) is 3.98. The Hall–Kier alpha value is -2.12. The van der Waals surface area contributed by atoms with Crippen LogP contribution in [0, 0.1) is 0 Å². The van der Waals surface area contributed by atoms with Crippen LogP contribution in [-0.2, 0) is 15.9 Å². The van der Waals surface area contributed by atoms with E-state index in [2.05, 4.69) is 37.1 Å². The summed E-state index contributed by atoms with van der Waals surface area (Å²) in [6.07, 6.45) is 4.71. The van der Waals surface area contributed by atoms with Gasteiger partial charge < -0.3 is 15.0 Å². The van der Waals surface area contributed by atoms with E-state index in [1.807, 2.05) is 24.3 Å². The molecule has 1 aromatic carbocycles. The first-order chi connectivity index (χ1) is 15.4. The summed E-state index contributed by atoms with van der Waals surface area (Å²) >= 11 is 1.65. The summed E-state index contributed by atoms with van der Waals surface area (Å²) in [6.45, 7) is 10.1. The van der Waals surface area contributed by atoms with Crippen molar-refractivity contribution in [1.29, 1.82) is 0 Å². The third kappa shape index (κ3) is 6.01. The van der Waals surface area contributed by atoms with Crippen molar-refractivity contribution in [3.63, 3.8) is 0 Å². The van der Waals surface area contributed by atoms with Gasteiger partial charge in [-0.15, -0.1) is 0 Å². The number of benzene rings is 1. The minimum atomic E-state index is -0.0452. The van der Waals surface area contributed by atoms with Crippen molar-refractivity contribution in [2.45, 2.75) is 68.9 Å². The number of carbonyl (C=O) groups excluding carboxylic acids is 1. The van der Waals surface area contributed by atoms with Gasteiger partial charge in [0.05, 0.1) is 11.8 Å². The second-order valence-electron chi connectivity index (χ2n) is 9.67. The summed E-state index contributed by atoms with van der Waals surface area (Å²) in [5, 5.41) is 3.79. The first-order valence-electron chi connectivity index (χ1n) is 11.6. The molecule has 1 amide bonds. The Kier molecular flexibility index (Phi) is 7.36. The van der Waals surface area contributed by atoms with Gasteiger partial charge in [0.2, 0.25) is 0 Å². The minimum absolute atomic E-state index is 0.0225. The number of rotatable bonds is 7. The number of nitrogens with one attached hydrogen (secondary N) is 1. The molecule has 1 N–H and O–H groups in total. The summed E-state index contributed by atoms with van der Waals surface area (Å²) in [5.41, 5.74) is 2.89. The van der Waals surface area contributed by atoms with Crippen molar-refractivity contribution in [3.8, 4) is 0 Å². The third-order valence-corrected chi connectivity index (χ3v) is 6.91. The van der Waals surface area contributed by atoms with E-state index >= 15 is 0 Å². The number of anilines is 1. The van der Waals surface area contributed by atoms with Crippen molar-refractivity contribution in [1.82, 2.24) is 15.3 Å². The monoisotopic (exact) mass is 454 g/mol. The molecular weight excluding hydrogens is 420 g/mol. The van der Waals surface area contributed by atoms with Crippen molar-refractivity contribution in [2.24, 2.45) is 0 Å². The summed E-state index contributed by atoms with van der Waals surface area (Å²) < 4.78 is 5.57. The maximum Gasteiger partial charge on any atom is 0.251 e. The van der Waals surface area contributed by atoms with E-state index in [0.717, 1.165) is 60.5 Å². The molecule has 0 aliphatic carbocycles. The van der Waals surface area contributed by atoms with E-state index in [-0.39, 0.29) is 17.4 Å². The highest BCUT2D eigenvalue weighted by Gasteiger charge is 2.22. The zero-order chi connectivity index (χ0) is 22.6. The quantitative estimate of drug-likeness (QED) is 0.488. The number of carbonyl (C=O) groups is 1. The smallest absolute Gasteiger partial charge is 0.251 e. The highest BCUT2D eigenvalue weighted by Crippen LogP contribution is 2.29. The van der Waals surface area contributed by atoms with Gasteiger partial charge >= 0.3 is 0 Å². The van der Waals surface area contributed by atoms with E-state index < -0.39 is 0 Å². The van der Waals surface area contributed by atoms with Crippen LogP contribution in [0.2, 0.25) is 0 Å². The van der Waals surface area contributed by atoms with Crippen LogP contribution in [-0.4, -0.2) is 48.2 Å². The first kappa shape index (κ1) is 23.1. The molecular formula is C25H34N4O2S. The number of thioether (sulfide) groups is 1. The molecule has 6 nitrogen and oxygen atoms in total. The largest absolute Gasteiger partial charge is 0.376 e. The average Bonchev–Trinajstić information content (AvgIpc) is 3.50. The van der Waals surface area contributed by atoms with Crippen LogP contribution in [0.5, 0.6) is 0 Å². The lowest BCUT2D eigenvalue weighted by Gasteiger charge is -2.23. The van der Waals surface area contributed by atoms with E-state index in [1.165, 1.54) is 12.8 Å². The molecule has 1 atom stereocenters. The Morgan fingerprint density at radius 3 is 2.56 bits per heavy atom. The van der Waals surface area contributed by atoms with Gasteiger partial charge in [-0.2, -0.15) is 0 Å². The zero-order valence-corrected chi connectivity index (χ0v) is 20.2. The van der Waals surface area contributed by atoms with Gasteiger partial charge in [-0.05, 0) is 43.4 Å². The fraction of sp³-hybridized carbons (Fsp3) is 0.560. The highest BCUT2D eigenvalue weighted by atomic mass is 32.2. The number of hydrogen-bond donors (Lipinski definition) is 1. The maximum absolute atomic E-state index is 12.4. The predicted molar refractivity (Wildman–Crippen MR) is 129 cm³/mol. The Bertz CT molecular complexity index is 915. The highest BCUT2D eigenvalue weighted by molar-refractivity contribution is 7.98. The number of ether oxygens (including phenoxy) is 1. The van der Waals surface area contributed by atoms with Gasteiger partial charge in [-0.25, -0.2) is 9.97 Å². The summed E-state index contributed by atoms with van der Waals surface area (Å²) in [4.78, 5) is 24.5. The molecule has 2 aliphatic rings. The molecule has 3 heterocycles. The number of nitrogens with zero attached hydrogens (tertiary/aromatic N) is 3. The molecule has 7 heteroatoms. The van der Waals surface area contributed by atoms with Crippen LogP contribution >= 0.6 is 11.8 Å². The number of aromatic nitrogens is 2.